The molecule has 3 rings (SSSR count). The zero-order chi connectivity index (χ0) is 14.9. The first-order valence-corrected chi connectivity index (χ1v) is 8.63. The van der Waals surface area contributed by atoms with Crippen molar-refractivity contribution in [3.8, 4) is 11.5 Å². The van der Waals surface area contributed by atoms with Crippen LogP contribution < -0.4 is 14.2 Å². The molecule has 0 spiro atoms. The van der Waals surface area contributed by atoms with E-state index in [1.807, 2.05) is 7.05 Å². The zero-order valence-corrected chi connectivity index (χ0v) is 12.9. The van der Waals surface area contributed by atoms with E-state index in [4.69, 9.17) is 9.47 Å². The summed E-state index contributed by atoms with van der Waals surface area (Å²) in [5.41, 5.74) is 0. The molecule has 0 aliphatic carbocycles. The number of rotatable bonds is 3. The van der Waals surface area contributed by atoms with E-state index in [9.17, 15) is 8.42 Å². The highest BCUT2D eigenvalue weighted by atomic mass is 32.2. The second kappa shape index (κ2) is 5.82. The molecule has 21 heavy (non-hydrogen) atoms. The van der Waals surface area contributed by atoms with Crippen molar-refractivity contribution in [2.24, 2.45) is 0 Å². The normalized spacial score (nSPS) is 20.4. The van der Waals surface area contributed by atoms with Gasteiger partial charge in [0.15, 0.2) is 11.5 Å². The Bertz CT molecular complexity index is 609. The lowest BCUT2D eigenvalue weighted by Crippen LogP contribution is -2.43. The standard InChI is InChI=1S/C14H20N2O4S/c1-16-6-4-11(5-7-16)15-21(17,18)12-2-3-13-14(10-12)20-9-8-19-13/h2-3,10-11,15H,4-9H2,1H3. The lowest BCUT2D eigenvalue weighted by molar-refractivity contribution is 0.171. The molecule has 0 radical (unpaired) electrons. The zero-order valence-electron chi connectivity index (χ0n) is 12.0. The van der Waals surface area contributed by atoms with Crippen molar-refractivity contribution in [1.29, 1.82) is 0 Å². The molecule has 1 N–H and O–H groups in total. The summed E-state index contributed by atoms with van der Waals surface area (Å²) in [6.45, 7) is 2.76. The van der Waals surface area contributed by atoms with Crippen LogP contribution in [0.4, 0.5) is 0 Å². The van der Waals surface area contributed by atoms with Gasteiger partial charge in [-0.05, 0) is 45.1 Å². The molecule has 0 amide bonds. The van der Waals surface area contributed by atoms with Crippen LogP contribution in [0.3, 0.4) is 0 Å². The maximum Gasteiger partial charge on any atom is 0.240 e. The van der Waals surface area contributed by atoms with Crippen LogP contribution in [0.2, 0.25) is 0 Å². The SMILES string of the molecule is CN1CCC(NS(=O)(=O)c2ccc3c(c2)OCCO3)CC1. The first-order valence-electron chi connectivity index (χ1n) is 7.15. The monoisotopic (exact) mass is 312 g/mol. The predicted octanol–water partition coefficient (Wildman–Crippen LogP) is 0.830. The van der Waals surface area contributed by atoms with Crippen LogP contribution >= 0.6 is 0 Å². The van der Waals surface area contributed by atoms with Crippen molar-refractivity contribution < 1.29 is 17.9 Å². The number of fused-ring (bicyclic) bond motifs is 1. The minimum absolute atomic E-state index is 0.000555. The van der Waals surface area contributed by atoms with Crippen molar-refractivity contribution in [2.75, 3.05) is 33.4 Å². The molecule has 6 nitrogen and oxygen atoms in total. The van der Waals surface area contributed by atoms with Crippen molar-refractivity contribution in [3.63, 3.8) is 0 Å². The largest absolute Gasteiger partial charge is 0.486 e. The molecule has 1 aromatic rings. The predicted molar refractivity (Wildman–Crippen MR) is 78.3 cm³/mol. The van der Waals surface area contributed by atoms with Crippen molar-refractivity contribution in [2.45, 2.75) is 23.8 Å². The molecule has 7 heteroatoms. The molecular weight excluding hydrogens is 292 g/mol. The number of hydrogen-bond donors (Lipinski definition) is 1. The third kappa shape index (κ3) is 3.30. The molecule has 2 aliphatic heterocycles. The summed E-state index contributed by atoms with van der Waals surface area (Å²) in [6, 6.07) is 4.74. The van der Waals surface area contributed by atoms with E-state index in [1.54, 1.807) is 12.1 Å². The Morgan fingerprint density at radius 1 is 1.14 bits per heavy atom. The molecule has 0 saturated carbocycles. The van der Waals surface area contributed by atoms with Gasteiger partial charge in [0.05, 0.1) is 4.90 Å². The van der Waals surface area contributed by atoms with Gasteiger partial charge in [-0.25, -0.2) is 13.1 Å². The van der Waals surface area contributed by atoms with Gasteiger partial charge in [0, 0.05) is 12.1 Å². The fraction of sp³-hybridized carbons (Fsp3) is 0.571. The maximum atomic E-state index is 12.4. The van der Waals surface area contributed by atoms with Crippen molar-refractivity contribution in [3.05, 3.63) is 18.2 Å². The number of sulfonamides is 1. The van der Waals surface area contributed by atoms with E-state index >= 15 is 0 Å². The number of nitrogens with zero attached hydrogens (tertiary/aromatic N) is 1. The molecule has 0 aromatic heterocycles. The molecular formula is C14H20N2O4S. The van der Waals surface area contributed by atoms with E-state index in [-0.39, 0.29) is 10.9 Å². The van der Waals surface area contributed by atoms with Crippen LogP contribution in [-0.2, 0) is 10.0 Å². The lowest BCUT2D eigenvalue weighted by atomic mass is 10.1. The first kappa shape index (κ1) is 14.6. The fourth-order valence-electron chi connectivity index (χ4n) is 2.60. The Morgan fingerprint density at radius 2 is 1.81 bits per heavy atom. The average molecular weight is 312 g/mol. The molecule has 1 fully saturated rings. The van der Waals surface area contributed by atoms with Crippen molar-refractivity contribution in [1.82, 2.24) is 9.62 Å². The Balaban J connectivity index is 1.75. The maximum absolute atomic E-state index is 12.4. The molecule has 2 aliphatic rings. The number of ether oxygens (including phenoxy) is 2. The van der Waals surface area contributed by atoms with Crippen LogP contribution in [-0.4, -0.2) is 52.7 Å². The van der Waals surface area contributed by atoms with Crippen LogP contribution in [0.25, 0.3) is 0 Å². The summed E-state index contributed by atoms with van der Waals surface area (Å²) >= 11 is 0. The summed E-state index contributed by atoms with van der Waals surface area (Å²) in [6.07, 6.45) is 1.67. The average Bonchev–Trinajstić information content (AvgIpc) is 2.49. The second-order valence-electron chi connectivity index (χ2n) is 5.50. The number of benzene rings is 1. The highest BCUT2D eigenvalue weighted by molar-refractivity contribution is 7.89. The van der Waals surface area contributed by atoms with Gasteiger partial charge < -0.3 is 14.4 Å². The van der Waals surface area contributed by atoms with Crippen LogP contribution in [0.15, 0.2) is 23.1 Å². The van der Waals surface area contributed by atoms with Gasteiger partial charge >= 0.3 is 0 Å². The van der Waals surface area contributed by atoms with Gasteiger partial charge in [0.25, 0.3) is 0 Å². The minimum Gasteiger partial charge on any atom is -0.486 e. The Morgan fingerprint density at radius 3 is 2.52 bits per heavy atom. The molecule has 2 heterocycles. The molecule has 0 bridgehead atoms. The molecule has 0 unspecified atom stereocenters. The minimum atomic E-state index is -3.51. The first-order chi connectivity index (χ1) is 10.0. The van der Waals surface area contributed by atoms with Crippen LogP contribution in [0.1, 0.15) is 12.8 Å². The van der Waals surface area contributed by atoms with E-state index in [2.05, 4.69) is 9.62 Å². The van der Waals surface area contributed by atoms with Crippen LogP contribution in [0.5, 0.6) is 11.5 Å². The van der Waals surface area contributed by atoms with Gasteiger partial charge in [-0.2, -0.15) is 0 Å². The lowest BCUT2D eigenvalue weighted by Gasteiger charge is -2.29. The molecule has 1 saturated heterocycles. The summed E-state index contributed by atoms with van der Waals surface area (Å²) in [7, 11) is -1.47. The smallest absolute Gasteiger partial charge is 0.240 e. The van der Waals surface area contributed by atoms with E-state index in [0.29, 0.717) is 24.7 Å². The third-order valence-electron chi connectivity index (χ3n) is 3.86. The highest BCUT2D eigenvalue weighted by Crippen LogP contribution is 2.32. The highest BCUT2D eigenvalue weighted by Gasteiger charge is 2.25. The second-order valence-corrected chi connectivity index (χ2v) is 7.22. The number of likely N-dealkylation sites (tertiary alicyclic amines) is 1. The Kier molecular flexibility index (Phi) is 4.05. The van der Waals surface area contributed by atoms with E-state index < -0.39 is 10.0 Å². The molecule has 116 valence electrons. The molecule has 0 atom stereocenters. The Labute approximate surface area is 125 Å². The van der Waals surface area contributed by atoms with Gasteiger partial charge in [-0.1, -0.05) is 0 Å². The van der Waals surface area contributed by atoms with Gasteiger partial charge in [0.1, 0.15) is 13.2 Å². The molecule has 1 aromatic carbocycles. The Hall–Kier alpha value is -1.31. The van der Waals surface area contributed by atoms with E-state index in [0.717, 1.165) is 25.9 Å². The summed E-state index contributed by atoms with van der Waals surface area (Å²) in [5, 5.41) is 0. The van der Waals surface area contributed by atoms with Crippen LogP contribution in [0, 0.1) is 0 Å². The van der Waals surface area contributed by atoms with Gasteiger partial charge in [-0.3, -0.25) is 0 Å². The number of hydrogen-bond acceptors (Lipinski definition) is 5. The number of nitrogens with one attached hydrogen (secondary N) is 1. The summed E-state index contributed by atoms with van der Waals surface area (Å²) in [4.78, 5) is 2.43. The fourth-order valence-corrected chi connectivity index (χ4v) is 3.92. The van der Waals surface area contributed by atoms with Crippen molar-refractivity contribution >= 4 is 10.0 Å². The quantitative estimate of drug-likeness (QED) is 0.895. The topological polar surface area (TPSA) is 67.9 Å². The third-order valence-corrected chi connectivity index (χ3v) is 5.38. The van der Waals surface area contributed by atoms with Gasteiger partial charge in [0.2, 0.25) is 10.0 Å². The van der Waals surface area contributed by atoms with E-state index in [1.165, 1.54) is 6.07 Å². The van der Waals surface area contributed by atoms with Gasteiger partial charge in [-0.15, -0.1) is 0 Å². The number of piperidine rings is 1. The summed E-state index contributed by atoms with van der Waals surface area (Å²) < 4.78 is 38.5. The summed E-state index contributed by atoms with van der Waals surface area (Å²) in [5.74, 6) is 1.09.